The van der Waals surface area contributed by atoms with Gasteiger partial charge in [-0.25, -0.2) is 0 Å². The average Bonchev–Trinajstić information content (AvgIpc) is 2.34. The fraction of sp³-hybridized carbons (Fsp3) is 0. The van der Waals surface area contributed by atoms with Crippen LogP contribution < -0.4 is 4.85 Å². The second-order valence-electron chi connectivity index (χ2n) is 2.13. The van der Waals surface area contributed by atoms with Crippen LogP contribution in [-0.2, 0) is 0 Å². The van der Waals surface area contributed by atoms with Crippen LogP contribution in [0.3, 0.4) is 0 Å². The molecule has 2 aromatic rings. The average molecular weight is 134 g/mol. The van der Waals surface area contributed by atoms with Crippen molar-refractivity contribution < 1.29 is 4.85 Å². The number of nitrogens with one attached hydrogen (secondary N) is 1. The van der Waals surface area contributed by atoms with Crippen LogP contribution in [0.1, 0.15) is 0 Å². The smallest absolute Gasteiger partial charge is 0.251 e. The molecule has 0 radical (unpaired) electrons. The molecule has 1 N–H and O–H groups in total. The zero-order valence-corrected chi connectivity index (χ0v) is 5.24. The van der Waals surface area contributed by atoms with Crippen molar-refractivity contribution in [3.8, 4) is 0 Å². The molecule has 0 atom stereocenters. The van der Waals surface area contributed by atoms with Crippen LogP contribution in [-0.4, -0.2) is 5.10 Å². The van der Waals surface area contributed by atoms with Gasteiger partial charge in [-0.15, -0.1) is 0 Å². The molecule has 3 heteroatoms. The van der Waals surface area contributed by atoms with Gasteiger partial charge >= 0.3 is 0 Å². The fourth-order valence-corrected chi connectivity index (χ4v) is 0.992. The second-order valence-corrected chi connectivity index (χ2v) is 2.13. The number of H-pyrrole nitrogens is 1. The molecule has 1 aromatic heterocycles. The molecule has 0 aliphatic rings. The van der Waals surface area contributed by atoms with Gasteiger partial charge in [0.15, 0.2) is 0 Å². The zero-order valence-electron chi connectivity index (χ0n) is 5.24. The molecule has 0 fully saturated rings. The van der Waals surface area contributed by atoms with Crippen molar-refractivity contribution in [1.29, 1.82) is 0 Å². The number of benzene rings is 1. The minimum absolute atomic E-state index is 0.683. The summed E-state index contributed by atoms with van der Waals surface area (Å²) in [6.45, 7) is 0. The highest BCUT2D eigenvalue weighted by Gasteiger charge is 2.01. The summed E-state index contributed by atoms with van der Waals surface area (Å²) < 4.78 is 0. The lowest BCUT2D eigenvalue weighted by atomic mass is 10.3. The number of nitrogens with zero attached hydrogens (tertiary/aromatic N) is 1. The molecule has 2 rings (SSSR count). The molecule has 1 heterocycles. The Bertz CT molecular complexity index is 353. The Morgan fingerprint density at radius 3 is 2.90 bits per heavy atom. The molecule has 0 bridgehead atoms. The summed E-state index contributed by atoms with van der Waals surface area (Å²) in [6.07, 6.45) is 1.68. The number of fused-ring (bicyclic) bond motifs is 1. The van der Waals surface area contributed by atoms with Crippen LogP contribution in [0.2, 0.25) is 0 Å². The lowest BCUT2D eigenvalue weighted by Crippen LogP contribution is -2.27. The van der Waals surface area contributed by atoms with Gasteiger partial charge in [-0.2, -0.15) is 5.10 Å². The molecule has 0 aliphatic heterocycles. The maximum Gasteiger partial charge on any atom is 0.251 e. The molecule has 0 unspecified atom stereocenters. The third-order valence-electron chi connectivity index (χ3n) is 1.49. The van der Waals surface area contributed by atoms with Crippen molar-refractivity contribution in [2.75, 3.05) is 0 Å². The molecule has 0 spiro atoms. The van der Waals surface area contributed by atoms with E-state index in [4.69, 9.17) is 0 Å². The lowest BCUT2D eigenvalue weighted by molar-refractivity contribution is -0.639. The van der Waals surface area contributed by atoms with E-state index in [9.17, 15) is 5.21 Å². The summed E-state index contributed by atoms with van der Waals surface area (Å²) in [5, 5.41) is 14.3. The minimum atomic E-state index is 0.683. The normalized spacial score (nSPS) is 10.4. The Kier molecular flexibility index (Phi) is 0.917. The van der Waals surface area contributed by atoms with Crippen molar-refractivity contribution in [2.24, 2.45) is 0 Å². The van der Waals surface area contributed by atoms with Gasteiger partial charge in [0, 0.05) is 6.07 Å². The van der Waals surface area contributed by atoms with Crippen molar-refractivity contribution in [2.45, 2.75) is 0 Å². The van der Waals surface area contributed by atoms with Crippen molar-refractivity contribution in [3.63, 3.8) is 0 Å². The first kappa shape index (κ1) is 5.29. The molecular weight excluding hydrogens is 128 g/mol. The number of aromatic nitrogens is 2. The highest BCUT2D eigenvalue weighted by Crippen LogP contribution is 2.05. The lowest BCUT2D eigenvalue weighted by Gasteiger charge is -1.87. The van der Waals surface area contributed by atoms with Gasteiger partial charge in [-0.3, -0.25) is 0 Å². The van der Waals surface area contributed by atoms with Gasteiger partial charge in [0.2, 0.25) is 0 Å². The zero-order chi connectivity index (χ0) is 6.97. The van der Waals surface area contributed by atoms with E-state index in [-0.39, 0.29) is 0 Å². The van der Waals surface area contributed by atoms with Crippen LogP contribution in [0.15, 0.2) is 30.5 Å². The Labute approximate surface area is 57.5 Å². The molecule has 10 heavy (non-hydrogen) atoms. The maximum atomic E-state index is 10.8. The second kappa shape index (κ2) is 1.73. The Balaban J connectivity index is 2.93. The van der Waals surface area contributed by atoms with Gasteiger partial charge < -0.3 is 5.21 Å². The molecule has 0 saturated carbocycles. The summed E-state index contributed by atoms with van der Waals surface area (Å²) in [4.78, 5) is 0.745. The summed E-state index contributed by atoms with van der Waals surface area (Å²) in [7, 11) is 0. The Hall–Kier alpha value is -1.51. The van der Waals surface area contributed by atoms with E-state index in [2.05, 4.69) is 5.10 Å². The predicted molar refractivity (Wildman–Crippen MR) is 37.3 cm³/mol. The first-order chi connectivity index (χ1) is 4.88. The third kappa shape index (κ3) is 0.572. The van der Waals surface area contributed by atoms with Gasteiger partial charge in [0.1, 0.15) is 0 Å². The van der Waals surface area contributed by atoms with Gasteiger partial charge in [-0.1, -0.05) is 17.0 Å². The van der Waals surface area contributed by atoms with Crippen LogP contribution in [0.4, 0.5) is 0 Å². The monoisotopic (exact) mass is 134 g/mol. The largest absolute Gasteiger partial charge is 0.596 e. The number of hydrogen-bond acceptors (Lipinski definition) is 1. The molecule has 0 saturated heterocycles. The Morgan fingerprint density at radius 1 is 1.30 bits per heavy atom. The van der Waals surface area contributed by atoms with Crippen LogP contribution >= 0.6 is 0 Å². The molecule has 1 aromatic carbocycles. The first-order valence-electron chi connectivity index (χ1n) is 3.03. The highest BCUT2D eigenvalue weighted by molar-refractivity contribution is 5.74. The van der Waals surface area contributed by atoms with E-state index >= 15 is 0 Å². The highest BCUT2D eigenvalue weighted by atomic mass is 16.5. The fourth-order valence-electron chi connectivity index (χ4n) is 0.992. The quantitative estimate of drug-likeness (QED) is 0.420. The van der Waals surface area contributed by atoms with Crippen LogP contribution in [0, 0.1) is 5.21 Å². The summed E-state index contributed by atoms with van der Waals surface area (Å²) >= 11 is 0. The van der Waals surface area contributed by atoms with Crippen LogP contribution in [0.5, 0.6) is 0 Å². The molecule has 3 nitrogen and oxygen atoms in total. The van der Waals surface area contributed by atoms with Crippen LogP contribution in [0.25, 0.3) is 10.9 Å². The predicted octanol–water partition coefficient (Wildman–Crippen LogP) is 0.801. The third-order valence-corrected chi connectivity index (χ3v) is 1.49. The number of aromatic amines is 1. The number of hydrogen-bond donors (Lipinski definition) is 1. The number of rotatable bonds is 0. The number of para-hydroxylation sites is 1. The summed E-state index contributed by atoms with van der Waals surface area (Å²) in [5.41, 5.74) is 0.683. The molecule has 0 aliphatic carbocycles. The van der Waals surface area contributed by atoms with E-state index in [1.54, 1.807) is 12.3 Å². The molecule has 0 amide bonds. The molecular formula is C7H6N2O. The van der Waals surface area contributed by atoms with E-state index in [1.807, 2.05) is 18.2 Å². The summed E-state index contributed by atoms with van der Waals surface area (Å²) in [6, 6.07) is 7.40. The van der Waals surface area contributed by atoms with E-state index in [1.165, 1.54) is 0 Å². The van der Waals surface area contributed by atoms with Gasteiger partial charge in [-0.05, 0) is 6.07 Å². The standard InChI is InChI=1S/C7H6N2O/c10-9-7-4-2-1-3-6(7)5-8-9/h1-5,8H. The minimum Gasteiger partial charge on any atom is -0.596 e. The van der Waals surface area contributed by atoms with Crippen molar-refractivity contribution in [3.05, 3.63) is 35.7 Å². The molecule has 50 valence electrons. The maximum absolute atomic E-state index is 10.8. The first-order valence-corrected chi connectivity index (χ1v) is 3.03. The van der Waals surface area contributed by atoms with E-state index in [0.29, 0.717) is 5.52 Å². The van der Waals surface area contributed by atoms with Gasteiger partial charge in [0.05, 0.1) is 11.6 Å². The topological polar surface area (TPSA) is 42.7 Å². The van der Waals surface area contributed by atoms with Crippen molar-refractivity contribution >= 4 is 10.9 Å². The summed E-state index contributed by atoms with van der Waals surface area (Å²) in [5.74, 6) is 0. The van der Waals surface area contributed by atoms with E-state index < -0.39 is 0 Å². The van der Waals surface area contributed by atoms with Crippen molar-refractivity contribution in [1.82, 2.24) is 5.10 Å². The van der Waals surface area contributed by atoms with Gasteiger partial charge in [0.25, 0.3) is 5.52 Å². The Morgan fingerprint density at radius 2 is 2.10 bits per heavy atom. The van der Waals surface area contributed by atoms with E-state index in [0.717, 1.165) is 10.2 Å². The SMILES string of the molecule is [O-][n+]1[nH]cc2ccccc21.